The van der Waals surface area contributed by atoms with Gasteiger partial charge in [-0.25, -0.2) is 8.42 Å². The van der Waals surface area contributed by atoms with Gasteiger partial charge in [-0.15, -0.1) is 0 Å². The number of rotatable bonds is 6. The predicted octanol–water partition coefficient (Wildman–Crippen LogP) is 2.27. The van der Waals surface area contributed by atoms with Gasteiger partial charge in [0.25, 0.3) is 0 Å². The van der Waals surface area contributed by atoms with E-state index in [2.05, 4.69) is 4.74 Å². The van der Waals surface area contributed by atoms with Crippen LogP contribution in [-0.2, 0) is 19.4 Å². The van der Waals surface area contributed by atoms with Crippen molar-refractivity contribution in [2.24, 2.45) is 0 Å². The molecule has 1 rings (SSSR count). The van der Waals surface area contributed by atoms with Crippen LogP contribution in [0.4, 0.5) is 0 Å². The fourth-order valence-electron chi connectivity index (χ4n) is 1.67. The zero-order valence-corrected chi connectivity index (χ0v) is 12.8. The molecule has 5 nitrogen and oxygen atoms in total. The molecule has 7 heteroatoms. The number of hydrogen-bond donors (Lipinski definition) is 0. The number of carbonyl (C=O) groups is 2. The molecule has 0 unspecified atom stereocenters. The Morgan fingerprint density at radius 3 is 2.45 bits per heavy atom. The lowest BCUT2D eigenvalue weighted by molar-refractivity contribution is -0.140. The van der Waals surface area contributed by atoms with E-state index in [1.54, 1.807) is 0 Å². The molecule has 0 saturated carbocycles. The Kier molecular flexibility index (Phi) is 5.71. The number of carbonyl (C=O) groups excluding carboxylic acids is 2. The zero-order valence-electron chi connectivity index (χ0n) is 11.2. The summed E-state index contributed by atoms with van der Waals surface area (Å²) in [6, 6.07) is 4.06. The molecular weight excluding hydrogens is 304 g/mol. The monoisotopic (exact) mass is 318 g/mol. The average molecular weight is 319 g/mol. The van der Waals surface area contributed by atoms with E-state index < -0.39 is 15.8 Å². The van der Waals surface area contributed by atoms with Crippen LogP contribution in [0.3, 0.4) is 0 Å². The van der Waals surface area contributed by atoms with Crippen LogP contribution in [0, 0.1) is 0 Å². The number of methoxy groups -OCH3 is 1. The van der Waals surface area contributed by atoms with Gasteiger partial charge >= 0.3 is 5.97 Å². The first-order valence-electron chi connectivity index (χ1n) is 5.85. The number of Topliss-reactive ketones (excluding diaryl/α,β-unsaturated/α-hetero) is 1. The third kappa shape index (κ3) is 4.61. The van der Waals surface area contributed by atoms with E-state index in [-0.39, 0.29) is 34.1 Å². The van der Waals surface area contributed by atoms with Crippen LogP contribution >= 0.6 is 11.6 Å². The van der Waals surface area contributed by atoms with Crippen LogP contribution in [0.5, 0.6) is 0 Å². The van der Waals surface area contributed by atoms with Gasteiger partial charge in [0.2, 0.25) is 0 Å². The number of ether oxygens (including phenoxy) is 1. The van der Waals surface area contributed by atoms with Gasteiger partial charge in [0.05, 0.1) is 12.0 Å². The van der Waals surface area contributed by atoms with Crippen molar-refractivity contribution in [2.75, 3.05) is 13.4 Å². The van der Waals surface area contributed by atoms with Crippen molar-refractivity contribution in [3.63, 3.8) is 0 Å². The SMILES string of the molecule is COC(=O)CCCC(=O)c1cc(Cl)ccc1S(C)(=O)=O. The Bertz CT molecular complexity index is 622. The number of esters is 1. The summed E-state index contributed by atoms with van der Waals surface area (Å²) in [5.74, 6) is -0.774. The van der Waals surface area contributed by atoms with Gasteiger partial charge in [0.1, 0.15) is 0 Å². The summed E-state index contributed by atoms with van der Waals surface area (Å²) in [6.45, 7) is 0. The summed E-state index contributed by atoms with van der Waals surface area (Å²) in [5, 5.41) is 0.286. The third-order valence-electron chi connectivity index (χ3n) is 2.65. The molecule has 0 saturated heterocycles. The standard InChI is InChI=1S/C13H15ClO5S/c1-19-13(16)5-3-4-11(15)10-8-9(14)6-7-12(10)20(2,17)18/h6-8H,3-5H2,1-2H3. The second-order valence-electron chi connectivity index (χ2n) is 4.27. The smallest absolute Gasteiger partial charge is 0.305 e. The van der Waals surface area contributed by atoms with E-state index in [1.807, 2.05) is 0 Å². The van der Waals surface area contributed by atoms with Crippen molar-refractivity contribution in [1.82, 2.24) is 0 Å². The molecule has 0 heterocycles. The summed E-state index contributed by atoms with van der Waals surface area (Å²) in [6.07, 6.45) is 1.48. The van der Waals surface area contributed by atoms with E-state index in [9.17, 15) is 18.0 Å². The van der Waals surface area contributed by atoms with Gasteiger partial charge in [-0.3, -0.25) is 9.59 Å². The molecule has 0 atom stereocenters. The van der Waals surface area contributed by atoms with E-state index >= 15 is 0 Å². The van der Waals surface area contributed by atoms with Gasteiger partial charge in [0.15, 0.2) is 15.6 Å². The minimum atomic E-state index is -3.51. The first kappa shape index (κ1) is 16.7. The van der Waals surface area contributed by atoms with Gasteiger partial charge in [-0.05, 0) is 24.6 Å². The second-order valence-corrected chi connectivity index (χ2v) is 6.69. The lowest BCUT2D eigenvalue weighted by atomic mass is 10.1. The number of hydrogen-bond acceptors (Lipinski definition) is 5. The minimum absolute atomic E-state index is 0.0510. The molecule has 0 fully saturated rings. The summed E-state index contributed by atoms with van der Waals surface area (Å²) in [5.41, 5.74) is 0.0601. The van der Waals surface area contributed by atoms with Crippen LogP contribution in [-0.4, -0.2) is 33.5 Å². The molecule has 0 aliphatic carbocycles. The molecule has 110 valence electrons. The van der Waals surface area contributed by atoms with Crippen molar-refractivity contribution < 1.29 is 22.7 Å². The number of benzene rings is 1. The Morgan fingerprint density at radius 2 is 1.90 bits per heavy atom. The van der Waals surface area contributed by atoms with Crippen LogP contribution < -0.4 is 0 Å². The van der Waals surface area contributed by atoms with Gasteiger partial charge in [0, 0.05) is 29.7 Å². The normalized spacial score (nSPS) is 11.2. The lowest BCUT2D eigenvalue weighted by Crippen LogP contribution is -2.09. The summed E-state index contributed by atoms with van der Waals surface area (Å²) in [4.78, 5) is 23.0. The van der Waals surface area contributed by atoms with Crippen LogP contribution in [0.2, 0.25) is 5.02 Å². The van der Waals surface area contributed by atoms with Gasteiger partial charge in [-0.1, -0.05) is 11.6 Å². The van der Waals surface area contributed by atoms with Crippen LogP contribution in [0.25, 0.3) is 0 Å². The van der Waals surface area contributed by atoms with E-state index in [4.69, 9.17) is 11.6 Å². The van der Waals surface area contributed by atoms with E-state index in [1.165, 1.54) is 25.3 Å². The van der Waals surface area contributed by atoms with E-state index in [0.29, 0.717) is 6.42 Å². The topological polar surface area (TPSA) is 77.5 Å². The predicted molar refractivity (Wildman–Crippen MR) is 74.8 cm³/mol. The largest absolute Gasteiger partial charge is 0.469 e. The molecule has 1 aromatic rings. The Morgan fingerprint density at radius 1 is 1.25 bits per heavy atom. The number of halogens is 1. The maximum atomic E-state index is 12.1. The fourth-order valence-corrected chi connectivity index (χ4v) is 2.73. The molecule has 0 amide bonds. The maximum Gasteiger partial charge on any atom is 0.305 e. The molecular formula is C13H15ClO5S. The van der Waals surface area contributed by atoms with Crippen molar-refractivity contribution in [2.45, 2.75) is 24.2 Å². The molecule has 0 aliphatic rings. The highest BCUT2D eigenvalue weighted by Crippen LogP contribution is 2.22. The Labute approximate surface area is 122 Å². The highest BCUT2D eigenvalue weighted by Gasteiger charge is 2.19. The van der Waals surface area contributed by atoms with Crippen LogP contribution in [0.15, 0.2) is 23.1 Å². The second kappa shape index (κ2) is 6.85. The third-order valence-corrected chi connectivity index (χ3v) is 4.04. The van der Waals surface area contributed by atoms with Crippen molar-refractivity contribution >= 4 is 33.2 Å². The molecule has 0 N–H and O–H groups in total. The van der Waals surface area contributed by atoms with Gasteiger partial charge in [-0.2, -0.15) is 0 Å². The van der Waals surface area contributed by atoms with Crippen molar-refractivity contribution in [3.05, 3.63) is 28.8 Å². The Balaban J connectivity index is 2.92. The molecule has 0 radical (unpaired) electrons. The maximum absolute atomic E-state index is 12.1. The highest BCUT2D eigenvalue weighted by atomic mass is 35.5. The quantitative estimate of drug-likeness (QED) is 0.594. The van der Waals surface area contributed by atoms with Gasteiger partial charge < -0.3 is 4.74 Å². The first-order chi connectivity index (χ1) is 9.25. The molecule has 0 aromatic heterocycles. The first-order valence-corrected chi connectivity index (χ1v) is 8.12. The summed E-state index contributed by atoms with van der Waals surface area (Å²) < 4.78 is 27.7. The molecule has 1 aromatic carbocycles. The molecule has 20 heavy (non-hydrogen) atoms. The minimum Gasteiger partial charge on any atom is -0.469 e. The fraction of sp³-hybridized carbons (Fsp3) is 0.385. The number of ketones is 1. The number of sulfone groups is 1. The van der Waals surface area contributed by atoms with Crippen molar-refractivity contribution in [1.29, 1.82) is 0 Å². The molecule has 0 aliphatic heterocycles. The van der Waals surface area contributed by atoms with Crippen molar-refractivity contribution in [3.8, 4) is 0 Å². The Hall–Kier alpha value is -1.40. The average Bonchev–Trinajstić information content (AvgIpc) is 2.36. The highest BCUT2D eigenvalue weighted by molar-refractivity contribution is 7.90. The zero-order chi connectivity index (χ0) is 15.3. The molecule has 0 bridgehead atoms. The van der Waals surface area contributed by atoms with E-state index in [0.717, 1.165) is 6.26 Å². The summed E-state index contributed by atoms with van der Waals surface area (Å²) in [7, 11) is -2.25. The van der Waals surface area contributed by atoms with Crippen LogP contribution in [0.1, 0.15) is 29.6 Å². The molecule has 0 spiro atoms. The lowest BCUT2D eigenvalue weighted by Gasteiger charge is -2.07. The summed E-state index contributed by atoms with van der Waals surface area (Å²) >= 11 is 5.80.